The maximum Gasteiger partial charge on any atom is 0.269 e. The molecule has 21 heavy (non-hydrogen) atoms. The Labute approximate surface area is 120 Å². The Balaban J connectivity index is 2.07. The fourth-order valence-corrected chi connectivity index (χ4v) is 2.14. The van der Waals surface area contributed by atoms with Crippen molar-refractivity contribution in [2.75, 3.05) is 0 Å². The topological polar surface area (TPSA) is 121 Å². The Bertz CT molecular complexity index is 619. The van der Waals surface area contributed by atoms with Gasteiger partial charge in [0.2, 0.25) is 0 Å². The van der Waals surface area contributed by atoms with Crippen molar-refractivity contribution in [2.45, 2.75) is 24.9 Å². The highest BCUT2D eigenvalue weighted by Crippen LogP contribution is 2.17. The standard InChI is InChI=1S/C13H13N5O3/c14-17-16-12-4-2-1-3-11(12)15-13(19)9-5-7-10(8-6-9)18(20)21/h1-2,5-8,11-12H,3-4H2,(H,15,19)/t11-,12-/m1/s1. The van der Waals surface area contributed by atoms with E-state index in [1.807, 2.05) is 12.2 Å². The SMILES string of the molecule is [N-]=[N+]=N[C@@H]1CC=CC[C@H]1NC(=O)c1ccc([N+](=O)[O-])cc1. The van der Waals surface area contributed by atoms with Crippen LogP contribution < -0.4 is 5.32 Å². The molecule has 0 saturated carbocycles. The third-order valence-electron chi connectivity index (χ3n) is 3.26. The predicted octanol–water partition coefficient (Wildman–Crippen LogP) is 2.72. The third-order valence-corrected chi connectivity index (χ3v) is 3.26. The molecule has 1 aromatic rings. The van der Waals surface area contributed by atoms with Crippen LogP contribution in [0.15, 0.2) is 41.5 Å². The minimum Gasteiger partial charge on any atom is -0.349 e. The van der Waals surface area contributed by atoms with Gasteiger partial charge in [-0.15, -0.1) is 0 Å². The normalized spacial score (nSPS) is 20.4. The zero-order chi connectivity index (χ0) is 15.2. The van der Waals surface area contributed by atoms with E-state index < -0.39 is 4.92 Å². The Morgan fingerprint density at radius 1 is 1.33 bits per heavy atom. The lowest BCUT2D eigenvalue weighted by Crippen LogP contribution is -2.43. The summed E-state index contributed by atoms with van der Waals surface area (Å²) in [6.45, 7) is 0. The van der Waals surface area contributed by atoms with Gasteiger partial charge in [-0.05, 0) is 30.5 Å². The van der Waals surface area contributed by atoms with Gasteiger partial charge in [0.15, 0.2) is 0 Å². The van der Waals surface area contributed by atoms with Crippen LogP contribution in [0.5, 0.6) is 0 Å². The number of amides is 1. The molecule has 1 N–H and O–H groups in total. The molecule has 1 aliphatic rings. The van der Waals surface area contributed by atoms with E-state index in [9.17, 15) is 14.9 Å². The molecule has 1 amide bonds. The van der Waals surface area contributed by atoms with Crippen LogP contribution in [0.4, 0.5) is 5.69 Å². The Morgan fingerprint density at radius 2 is 2.00 bits per heavy atom. The molecule has 108 valence electrons. The summed E-state index contributed by atoms with van der Waals surface area (Å²) in [7, 11) is 0. The number of rotatable bonds is 4. The van der Waals surface area contributed by atoms with Crippen LogP contribution >= 0.6 is 0 Å². The first-order chi connectivity index (χ1) is 10.1. The van der Waals surface area contributed by atoms with E-state index >= 15 is 0 Å². The van der Waals surface area contributed by atoms with Crippen molar-refractivity contribution >= 4 is 11.6 Å². The van der Waals surface area contributed by atoms with Crippen LogP contribution in [0.2, 0.25) is 0 Å². The molecule has 1 aromatic carbocycles. The van der Waals surface area contributed by atoms with E-state index in [4.69, 9.17) is 5.53 Å². The quantitative estimate of drug-likeness (QED) is 0.229. The van der Waals surface area contributed by atoms with E-state index in [2.05, 4.69) is 15.3 Å². The minimum absolute atomic E-state index is 0.0703. The van der Waals surface area contributed by atoms with E-state index in [-0.39, 0.29) is 23.7 Å². The van der Waals surface area contributed by atoms with Gasteiger partial charge in [0.05, 0.1) is 11.0 Å². The molecule has 2 atom stereocenters. The second kappa shape index (κ2) is 6.53. The lowest BCUT2D eigenvalue weighted by Gasteiger charge is -2.25. The molecule has 0 radical (unpaired) electrons. The highest BCUT2D eigenvalue weighted by atomic mass is 16.6. The van der Waals surface area contributed by atoms with Crippen LogP contribution in [-0.2, 0) is 0 Å². The number of nitro groups is 1. The molecule has 8 nitrogen and oxygen atoms in total. The molecule has 0 spiro atoms. The number of benzene rings is 1. The van der Waals surface area contributed by atoms with E-state index in [1.54, 1.807) is 0 Å². The monoisotopic (exact) mass is 287 g/mol. The van der Waals surface area contributed by atoms with Gasteiger partial charge in [-0.3, -0.25) is 14.9 Å². The molecule has 0 aliphatic heterocycles. The molecular formula is C13H13N5O3. The summed E-state index contributed by atoms with van der Waals surface area (Å²) in [5.74, 6) is -0.344. The molecule has 8 heteroatoms. The van der Waals surface area contributed by atoms with Gasteiger partial charge in [0.1, 0.15) is 0 Å². The summed E-state index contributed by atoms with van der Waals surface area (Å²) in [4.78, 5) is 24.9. The van der Waals surface area contributed by atoms with Gasteiger partial charge < -0.3 is 5.32 Å². The zero-order valence-corrected chi connectivity index (χ0v) is 11.0. The number of nitro benzene ring substituents is 1. The van der Waals surface area contributed by atoms with Gasteiger partial charge in [-0.2, -0.15) is 0 Å². The molecule has 0 heterocycles. The van der Waals surface area contributed by atoms with Crippen molar-refractivity contribution in [3.63, 3.8) is 0 Å². The fraction of sp³-hybridized carbons (Fsp3) is 0.308. The van der Waals surface area contributed by atoms with Gasteiger partial charge in [0, 0.05) is 28.6 Å². The molecule has 1 aliphatic carbocycles. The van der Waals surface area contributed by atoms with Crippen molar-refractivity contribution in [1.82, 2.24) is 5.32 Å². The van der Waals surface area contributed by atoms with Gasteiger partial charge >= 0.3 is 0 Å². The fourth-order valence-electron chi connectivity index (χ4n) is 2.14. The summed E-state index contributed by atoms with van der Waals surface area (Å²) in [6.07, 6.45) is 5.00. The summed E-state index contributed by atoms with van der Waals surface area (Å²) in [5, 5.41) is 17.0. The van der Waals surface area contributed by atoms with Gasteiger partial charge in [-0.1, -0.05) is 17.3 Å². The lowest BCUT2D eigenvalue weighted by molar-refractivity contribution is -0.384. The Hall–Kier alpha value is -2.86. The smallest absolute Gasteiger partial charge is 0.269 e. The number of carbonyl (C=O) groups excluding carboxylic acids is 1. The number of nitrogens with zero attached hydrogens (tertiary/aromatic N) is 4. The van der Waals surface area contributed by atoms with E-state index in [1.165, 1.54) is 24.3 Å². The molecule has 0 fully saturated rings. The maximum atomic E-state index is 12.1. The number of hydrogen-bond acceptors (Lipinski definition) is 4. The van der Waals surface area contributed by atoms with E-state index in [0.29, 0.717) is 18.4 Å². The Kier molecular flexibility index (Phi) is 4.53. The van der Waals surface area contributed by atoms with E-state index in [0.717, 1.165) is 0 Å². The van der Waals surface area contributed by atoms with Crippen LogP contribution in [0.3, 0.4) is 0 Å². The van der Waals surface area contributed by atoms with Crippen LogP contribution in [0.25, 0.3) is 10.4 Å². The van der Waals surface area contributed by atoms with Crippen LogP contribution in [0, 0.1) is 10.1 Å². The van der Waals surface area contributed by atoms with Crippen LogP contribution in [-0.4, -0.2) is 22.9 Å². The minimum atomic E-state index is -0.523. The molecule has 2 rings (SSSR count). The average Bonchev–Trinajstić information content (AvgIpc) is 2.49. The van der Waals surface area contributed by atoms with Crippen molar-refractivity contribution in [2.24, 2.45) is 5.11 Å². The number of azide groups is 1. The van der Waals surface area contributed by atoms with Crippen molar-refractivity contribution in [3.05, 3.63) is 62.5 Å². The summed E-state index contributed by atoms with van der Waals surface area (Å²) >= 11 is 0. The number of nitrogens with one attached hydrogen (secondary N) is 1. The van der Waals surface area contributed by atoms with Crippen LogP contribution in [0.1, 0.15) is 23.2 Å². The molecule has 0 unspecified atom stereocenters. The highest BCUT2D eigenvalue weighted by Gasteiger charge is 2.23. The second-order valence-electron chi connectivity index (χ2n) is 4.60. The summed E-state index contributed by atoms with van der Waals surface area (Å²) in [5.41, 5.74) is 8.79. The zero-order valence-electron chi connectivity index (χ0n) is 11.0. The summed E-state index contributed by atoms with van der Waals surface area (Å²) < 4.78 is 0. The molecule has 0 aromatic heterocycles. The van der Waals surface area contributed by atoms with Gasteiger partial charge in [-0.25, -0.2) is 0 Å². The number of non-ortho nitro benzene ring substituents is 1. The molecule has 0 bridgehead atoms. The first-order valence-electron chi connectivity index (χ1n) is 6.36. The maximum absolute atomic E-state index is 12.1. The number of carbonyl (C=O) groups is 1. The third kappa shape index (κ3) is 3.58. The Morgan fingerprint density at radius 3 is 2.62 bits per heavy atom. The van der Waals surface area contributed by atoms with Crippen molar-refractivity contribution in [1.29, 1.82) is 0 Å². The van der Waals surface area contributed by atoms with Gasteiger partial charge in [0.25, 0.3) is 11.6 Å². The van der Waals surface area contributed by atoms with Crippen molar-refractivity contribution in [3.8, 4) is 0 Å². The average molecular weight is 287 g/mol. The highest BCUT2D eigenvalue weighted by molar-refractivity contribution is 5.94. The lowest BCUT2D eigenvalue weighted by atomic mass is 9.96. The first kappa shape index (κ1) is 14.5. The first-order valence-corrected chi connectivity index (χ1v) is 6.36. The second-order valence-corrected chi connectivity index (χ2v) is 4.60. The van der Waals surface area contributed by atoms with Crippen molar-refractivity contribution < 1.29 is 9.72 Å². The predicted molar refractivity (Wildman–Crippen MR) is 75.7 cm³/mol. The molecule has 0 saturated heterocycles. The summed E-state index contributed by atoms with van der Waals surface area (Å²) in [6, 6.07) is 4.76. The number of hydrogen-bond donors (Lipinski definition) is 1. The largest absolute Gasteiger partial charge is 0.349 e. The molecular weight excluding hydrogens is 274 g/mol.